The summed E-state index contributed by atoms with van der Waals surface area (Å²) in [6.07, 6.45) is 0.318. The van der Waals surface area contributed by atoms with Crippen molar-refractivity contribution in [3.63, 3.8) is 0 Å². The van der Waals surface area contributed by atoms with Crippen molar-refractivity contribution in [3.8, 4) is 0 Å². The molecule has 0 aromatic heterocycles. The Labute approximate surface area is 195 Å². The van der Waals surface area contributed by atoms with Gasteiger partial charge in [0, 0.05) is 12.7 Å². The van der Waals surface area contributed by atoms with Crippen LogP contribution in [0.2, 0.25) is 0 Å². The molecule has 8 nitrogen and oxygen atoms in total. The van der Waals surface area contributed by atoms with Crippen molar-refractivity contribution < 1.29 is 27.8 Å². The number of carboxylic acid groups (broad SMARTS) is 1. The predicted molar refractivity (Wildman–Crippen MR) is 130 cm³/mol. The lowest BCUT2D eigenvalue weighted by Gasteiger charge is -2.29. The molecule has 0 radical (unpaired) electrons. The SMILES string of the molecule is CC(C)[C@H](NS(=O)(=O)CCCc1ccccc1)P(=O)(O)C[C@@H](C(=O)O)c1cccc(CN)c1. The number of nitrogens with two attached hydrogens (primary N) is 1. The summed E-state index contributed by atoms with van der Waals surface area (Å²) >= 11 is 0. The Morgan fingerprint density at radius 3 is 2.30 bits per heavy atom. The average Bonchev–Trinajstić information content (AvgIpc) is 2.76. The summed E-state index contributed by atoms with van der Waals surface area (Å²) in [6, 6.07) is 16.0. The van der Waals surface area contributed by atoms with E-state index in [9.17, 15) is 27.8 Å². The average molecular weight is 497 g/mol. The molecule has 1 unspecified atom stereocenters. The molecule has 0 heterocycles. The molecule has 0 saturated carbocycles. The second-order valence-corrected chi connectivity index (χ2v) is 12.8. The van der Waals surface area contributed by atoms with E-state index in [2.05, 4.69) is 4.72 Å². The Morgan fingerprint density at radius 1 is 1.09 bits per heavy atom. The summed E-state index contributed by atoms with van der Waals surface area (Å²) in [5.74, 6) is -4.54. The van der Waals surface area contributed by atoms with Gasteiger partial charge in [-0.25, -0.2) is 13.1 Å². The summed E-state index contributed by atoms with van der Waals surface area (Å²) in [4.78, 5) is 22.8. The van der Waals surface area contributed by atoms with E-state index in [1.165, 1.54) is 0 Å². The Balaban J connectivity index is 2.15. The van der Waals surface area contributed by atoms with Crippen molar-refractivity contribution in [1.29, 1.82) is 0 Å². The van der Waals surface area contributed by atoms with Gasteiger partial charge in [0.1, 0.15) is 5.78 Å². The van der Waals surface area contributed by atoms with Gasteiger partial charge >= 0.3 is 5.97 Å². The van der Waals surface area contributed by atoms with Gasteiger partial charge in [-0.05, 0) is 35.4 Å². The number of aryl methyl sites for hydroxylation is 1. The number of carboxylic acids is 1. The summed E-state index contributed by atoms with van der Waals surface area (Å²) in [7, 11) is -8.10. The topological polar surface area (TPSA) is 147 Å². The number of sulfonamides is 1. The van der Waals surface area contributed by atoms with Gasteiger partial charge in [-0.1, -0.05) is 68.4 Å². The van der Waals surface area contributed by atoms with Gasteiger partial charge in [0.25, 0.3) is 0 Å². The Kier molecular flexibility index (Phi) is 9.82. The maximum atomic E-state index is 13.3. The highest BCUT2D eigenvalue weighted by Gasteiger charge is 2.40. The second-order valence-electron chi connectivity index (χ2n) is 8.49. The minimum Gasteiger partial charge on any atom is -0.481 e. The third-order valence-electron chi connectivity index (χ3n) is 5.42. The molecule has 2 aromatic rings. The van der Waals surface area contributed by atoms with Crippen LogP contribution in [0.15, 0.2) is 54.6 Å². The molecule has 0 fully saturated rings. The molecule has 182 valence electrons. The number of rotatable bonds is 13. The normalized spacial score (nSPS) is 15.7. The molecule has 3 atom stereocenters. The molecule has 0 saturated heterocycles. The number of aliphatic carboxylic acids is 1. The van der Waals surface area contributed by atoms with E-state index in [0.29, 0.717) is 24.0 Å². The van der Waals surface area contributed by atoms with Gasteiger partial charge in [-0.3, -0.25) is 9.36 Å². The van der Waals surface area contributed by atoms with Crippen LogP contribution in [0.5, 0.6) is 0 Å². The standard InChI is InChI=1S/C23H33N2O6PS/c1-17(2)22(25-33(30,31)13-7-11-18-8-4-3-5-9-18)32(28,29)16-21(23(26)27)20-12-6-10-19(14-20)15-24/h3-6,8-10,12,14,17,21-22,25H,7,11,13,15-16,24H2,1-2H3,(H,26,27)(H,28,29)/t21-,22-/m1/s1. The predicted octanol–water partition coefficient (Wildman–Crippen LogP) is 3.12. The number of nitrogens with one attached hydrogen (secondary N) is 1. The van der Waals surface area contributed by atoms with Gasteiger partial charge < -0.3 is 15.7 Å². The summed E-state index contributed by atoms with van der Waals surface area (Å²) in [6.45, 7) is 3.46. The molecule has 0 aliphatic heterocycles. The fraction of sp³-hybridized carbons (Fsp3) is 0.435. The van der Waals surface area contributed by atoms with E-state index in [-0.39, 0.29) is 12.3 Å². The van der Waals surface area contributed by atoms with Crippen LogP contribution in [-0.4, -0.2) is 42.1 Å². The zero-order chi connectivity index (χ0) is 24.6. The Morgan fingerprint density at radius 2 is 1.73 bits per heavy atom. The number of hydrogen-bond acceptors (Lipinski definition) is 5. The minimum atomic E-state index is -4.25. The van der Waals surface area contributed by atoms with Crippen molar-refractivity contribution in [2.24, 2.45) is 11.7 Å². The monoisotopic (exact) mass is 496 g/mol. The van der Waals surface area contributed by atoms with Gasteiger partial charge in [-0.2, -0.15) is 0 Å². The highest BCUT2D eigenvalue weighted by atomic mass is 32.2. The summed E-state index contributed by atoms with van der Waals surface area (Å²) in [5, 5.41) is 9.73. The second kappa shape index (κ2) is 11.9. The van der Waals surface area contributed by atoms with Crippen LogP contribution in [0.1, 0.15) is 42.9 Å². The third kappa shape index (κ3) is 8.36. The molecule has 10 heteroatoms. The first-order valence-corrected chi connectivity index (χ1v) is 14.4. The molecule has 33 heavy (non-hydrogen) atoms. The van der Waals surface area contributed by atoms with E-state index >= 15 is 0 Å². The number of hydrogen-bond donors (Lipinski definition) is 4. The Hall–Kier alpha value is -2.03. The molecular weight excluding hydrogens is 463 g/mol. The molecule has 0 amide bonds. The smallest absolute Gasteiger partial charge is 0.311 e. The summed E-state index contributed by atoms with van der Waals surface area (Å²) in [5.41, 5.74) is 7.69. The van der Waals surface area contributed by atoms with Gasteiger partial charge in [0.15, 0.2) is 0 Å². The zero-order valence-electron chi connectivity index (χ0n) is 18.9. The van der Waals surface area contributed by atoms with Crippen LogP contribution in [0.3, 0.4) is 0 Å². The lowest BCUT2D eigenvalue weighted by Crippen LogP contribution is -2.41. The molecule has 0 aliphatic rings. The molecule has 0 spiro atoms. The van der Waals surface area contributed by atoms with E-state index in [0.717, 1.165) is 5.56 Å². The molecule has 0 aliphatic carbocycles. The zero-order valence-corrected chi connectivity index (χ0v) is 20.6. The highest BCUT2D eigenvalue weighted by molar-refractivity contribution is 7.89. The van der Waals surface area contributed by atoms with Gasteiger partial charge in [-0.15, -0.1) is 0 Å². The first-order valence-electron chi connectivity index (χ1n) is 10.8. The third-order valence-corrected chi connectivity index (χ3v) is 9.52. The van der Waals surface area contributed by atoms with Crippen molar-refractivity contribution in [3.05, 3.63) is 71.3 Å². The number of carbonyl (C=O) groups is 1. The summed E-state index contributed by atoms with van der Waals surface area (Å²) < 4.78 is 41.1. The largest absolute Gasteiger partial charge is 0.481 e. The quantitative estimate of drug-likeness (QED) is 0.312. The number of benzene rings is 2. The van der Waals surface area contributed by atoms with Crippen LogP contribution in [0.4, 0.5) is 0 Å². The maximum absolute atomic E-state index is 13.3. The van der Waals surface area contributed by atoms with E-state index in [1.54, 1.807) is 38.1 Å². The molecular formula is C23H33N2O6PS. The fourth-order valence-electron chi connectivity index (χ4n) is 3.68. The van der Waals surface area contributed by atoms with Crippen molar-refractivity contribution in [1.82, 2.24) is 4.72 Å². The fourth-order valence-corrected chi connectivity index (χ4v) is 8.15. The minimum absolute atomic E-state index is 0.202. The van der Waals surface area contributed by atoms with E-state index in [4.69, 9.17) is 5.73 Å². The van der Waals surface area contributed by atoms with Gasteiger partial charge in [0.05, 0.1) is 11.7 Å². The lowest BCUT2D eigenvalue weighted by atomic mass is 9.99. The first kappa shape index (κ1) is 27.2. The maximum Gasteiger partial charge on any atom is 0.311 e. The van der Waals surface area contributed by atoms with Crippen LogP contribution < -0.4 is 10.5 Å². The van der Waals surface area contributed by atoms with Crippen LogP contribution >= 0.6 is 7.37 Å². The Bertz CT molecular complexity index is 1080. The van der Waals surface area contributed by atoms with Gasteiger partial charge in [0.2, 0.25) is 17.4 Å². The van der Waals surface area contributed by atoms with Crippen molar-refractivity contribution in [2.45, 2.75) is 44.9 Å². The first-order chi connectivity index (χ1) is 15.4. The molecule has 2 rings (SSSR count). The van der Waals surface area contributed by atoms with Crippen LogP contribution in [-0.2, 0) is 32.3 Å². The van der Waals surface area contributed by atoms with Crippen molar-refractivity contribution in [2.75, 3.05) is 11.9 Å². The lowest BCUT2D eigenvalue weighted by molar-refractivity contribution is -0.138. The van der Waals surface area contributed by atoms with Crippen LogP contribution in [0, 0.1) is 5.92 Å². The van der Waals surface area contributed by atoms with Crippen molar-refractivity contribution >= 4 is 23.4 Å². The molecule has 2 aromatic carbocycles. The van der Waals surface area contributed by atoms with Crippen LogP contribution in [0.25, 0.3) is 0 Å². The van der Waals surface area contributed by atoms with E-state index < -0.39 is 47.1 Å². The van der Waals surface area contributed by atoms with E-state index in [1.807, 2.05) is 30.3 Å². The molecule has 5 N–H and O–H groups in total. The molecule has 0 bridgehead atoms. The highest BCUT2D eigenvalue weighted by Crippen LogP contribution is 2.51.